The molecule has 1 fully saturated rings. The number of fused-ring (bicyclic) bond motifs is 1. The Balaban J connectivity index is 2.18. The van der Waals surface area contributed by atoms with Crippen molar-refractivity contribution in [2.45, 2.75) is 83.8 Å². The standard InChI is InChI=1S/C22H30FN3O4/c1-3-14(4-2)24-18-13-19-16(12-17(18)23)21(29)25(11-7-10-20(27)28)22(30)26(19)15-8-5-6-9-15/h12-15,24H,3-11H2,1-2H3,(H,27,28). The van der Waals surface area contributed by atoms with Crippen molar-refractivity contribution in [3.63, 3.8) is 0 Å². The van der Waals surface area contributed by atoms with Gasteiger partial charge in [-0.3, -0.25) is 18.7 Å². The second kappa shape index (κ2) is 9.45. The number of aromatic nitrogens is 2. The third kappa shape index (κ3) is 4.42. The van der Waals surface area contributed by atoms with Crippen molar-refractivity contribution in [1.82, 2.24) is 9.13 Å². The molecule has 1 aliphatic carbocycles. The van der Waals surface area contributed by atoms with Crippen LogP contribution < -0.4 is 16.6 Å². The van der Waals surface area contributed by atoms with E-state index in [2.05, 4.69) is 5.32 Å². The van der Waals surface area contributed by atoms with Gasteiger partial charge >= 0.3 is 11.7 Å². The minimum atomic E-state index is -0.983. The van der Waals surface area contributed by atoms with Crippen LogP contribution in [0.25, 0.3) is 10.9 Å². The van der Waals surface area contributed by atoms with Crippen LogP contribution in [0.3, 0.4) is 0 Å². The van der Waals surface area contributed by atoms with Gasteiger partial charge in [-0.15, -0.1) is 0 Å². The van der Waals surface area contributed by atoms with Gasteiger partial charge in [0, 0.05) is 25.0 Å². The smallest absolute Gasteiger partial charge is 0.331 e. The summed E-state index contributed by atoms with van der Waals surface area (Å²) in [4.78, 5) is 37.1. The van der Waals surface area contributed by atoms with Crippen LogP contribution >= 0.6 is 0 Å². The molecule has 0 aliphatic heterocycles. The molecule has 0 radical (unpaired) electrons. The molecule has 0 spiro atoms. The molecule has 0 bridgehead atoms. The minimum absolute atomic E-state index is 0.00197. The van der Waals surface area contributed by atoms with Crippen LogP contribution in [0, 0.1) is 5.82 Å². The average Bonchev–Trinajstić information content (AvgIpc) is 3.24. The van der Waals surface area contributed by atoms with Crippen LogP contribution in [-0.4, -0.2) is 26.3 Å². The predicted octanol–water partition coefficient (Wildman–Crippen LogP) is 3.88. The fourth-order valence-corrected chi connectivity index (χ4v) is 4.32. The number of carbonyl (C=O) groups is 1. The topological polar surface area (TPSA) is 93.3 Å². The highest BCUT2D eigenvalue weighted by Crippen LogP contribution is 2.31. The van der Waals surface area contributed by atoms with E-state index in [1.807, 2.05) is 13.8 Å². The number of benzene rings is 1. The molecule has 1 heterocycles. The second-order valence-electron chi connectivity index (χ2n) is 8.05. The summed E-state index contributed by atoms with van der Waals surface area (Å²) in [5.41, 5.74) is -0.265. The lowest BCUT2D eigenvalue weighted by atomic mass is 10.1. The van der Waals surface area contributed by atoms with Crippen molar-refractivity contribution < 1.29 is 14.3 Å². The van der Waals surface area contributed by atoms with Crippen molar-refractivity contribution >= 4 is 22.6 Å². The van der Waals surface area contributed by atoms with Gasteiger partial charge in [-0.2, -0.15) is 0 Å². The van der Waals surface area contributed by atoms with Gasteiger partial charge in [-0.1, -0.05) is 26.7 Å². The van der Waals surface area contributed by atoms with E-state index >= 15 is 0 Å². The molecule has 0 amide bonds. The first-order chi connectivity index (χ1) is 14.4. The quantitative estimate of drug-likeness (QED) is 0.643. The van der Waals surface area contributed by atoms with Crippen molar-refractivity contribution in [2.24, 2.45) is 0 Å². The molecular formula is C22H30FN3O4. The Bertz CT molecular complexity index is 1030. The molecule has 3 rings (SSSR count). The SMILES string of the molecule is CCC(CC)Nc1cc2c(cc1F)c(=O)n(CCCC(=O)O)c(=O)n2C1CCCC1. The number of anilines is 1. The summed E-state index contributed by atoms with van der Waals surface area (Å²) in [7, 11) is 0. The summed E-state index contributed by atoms with van der Waals surface area (Å²) >= 11 is 0. The minimum Gasteiger partial charge on any atom is -0.481 e. The maximum Gasteiger partial charge on any atom is 0.331 e. The Morgan fingerprint density at radius 3 is 2.50 bits per heavy atom. The molecule has 30 heavy (non-hydrogen) atoms. The van der Waals surface area contributed by atoms with Crippen LogP contribution in [0.2, 0.25) is 0 Å². The number of hydrogen-bond donors (Lipinski definition) is 2. The number of carboxylic acids is 1. The Morgan fingerprint density at radius 2 is 1.90 bits per heavy atom. The molecule has 8 heteroatoms. The maximum atomic E-state index is 14.9. The van der Waals surface area contributed by atoms with Crippen LogP contribution in [0.1, 0.15) is 71.3 Å². The number of carboxylic acid groups (broad SMARTS) is 1. The molecule has 0 saturated heterocycles. The van der Waals surface area contributed by atoms with Gasteiger partial charge in [0.1, 0.15) is 5.82 Å². The zero-order valence-corrected chi connectivity index (χ0v) is 17.6. The molecule has 164 valence electrons. The molecule has 1 aromatic carbocycles. The Labute approximate surface area is 174 Å². The molecule has 2 aromatic rings. The number of halogens is 1. The van der Waals surface area contributed by atoms with Crippen LogP contribution in [-0.2, 0) is 11.3 Å². The van der Waals surface area contributed by atoms with E-state index in [0.717, 1.165) is 43.1 Å². The van der Waals surface area contributed by atoms with E-state index in [0.29, 0.717) is 11.2 Å². The highest BCUT2D eigenvalue weighted by molar-refractivity contribution is 5.82. The van der Waals surface area contributed by atoms with Gasteiger partial charge in [-0.25, -0.2) is 9.18 Å². The summed E-state index contributed by atoms with van der Waals surface area (Å²) in [5.74, 6) is -1.51. The lowest BCUT2D eigenvalue weighted by Crippen LogP contribution is -2.41. The van der Waals surface area contributed by atoms with Gasteiger partial charge in [0.25, 0.3) is 5.56 Å². The van der Waals surface area contributed by atoms with Crippen LogP contribution in [0.5, 0.6) is 0 Å². The molecule has 1 aromatic heterocycles. The van der Waals surface area contributed by atoms with Gasteiger partial charge < -0.3 is 10.4 Å². The van der Waals surface area contributed by atoms with Gasteiger partial charge in [0.05, 0.1) is 16.6 Å². The first-order valence-corrected chi connectivity index (χ1v) is 10.8. The van der Waals surface area contributed by atoms with Crippen molar-refractivity contribution in [2.75, 3.05) is 5.32 Å². The molecular weight excluding hydrogens is 389 g/mol. The van der Waals surface area contributed by atoms with Gasteiger partial charge in [-0.05, 0) is 44.2 Å². The first-order valence-electron chi connectivity index (χ1n) is 10.8. The number of aliphatic carboxylic acids is 1. The lowest BCUT2D eigenvalue weighted by molar-refractivity contribution is -0.137. The highest BCUT2D eigenvalue weighted by atomic mass is 19.1. The van der Waals surface area contributed by atoms with Gasteiger partial charge in [0.15, 0.2) is 0 Å². The number of hydrogen-bond acceptors (Lipinski definition) is 4. The summed E-state index contributed by atoms with van der Waals surface area (Å²) in [6.07, 6.45) is 5.33. The predicted molar refractivity (Wildman–Crippen MR) is 115 cm³/mol. The van der Waals surface area contributed by atoms with E-state index in [-0.39, 0.29) is 36.9 Å². The van der Waals surface area contributed by atoms with Gasteiger partial charge in [0.2, 0.25) is 0 Å². The van der Waals surface area contributed by atoms with Crippen LogP contribution in [0.4, 0.5) is 10.1 Å². The fourth-order valence-electron chi connectivity index (χ4n) is 4.32. The van der Waals surface area contributed by atoms with Crippen molar-refractivity contribution in [3.05, 3.63) is 38.8 Å². The number of nitrogens with one attached hydrogen (secondary N) is 1. The van der Waals surface area contributed by atoms with E-state index < -0.39 is 23.0 Å². The second-order valence-corrected chi connectivity index (χ2v) is 8.05. The summed E-state index contributed by atoms with van der Waals surface area (Å²) in [6, 6.07) is 2.85. The molecule has 1 saturated carbocycles. The molecule has 0 unspecified atom stereocenters. The normalized spacial score (nSPS) is 14.7. The first kappa shape index (κ1) is 22.1. The maximum absolute atomic E-state index is 14.9. The summed E-state index contributed by atoms with van der Waals surface area (Å²) in [5, 5.41) is 12.2. The van der Waals surface area contributed by atoms with E-state index in [1.54, 1.807) is 10.6 Å². The largest absolute Gasteiger partial charge is 0.481 e. The number of nitrogens with zero attached hydrogens (tertiary/aromatic N) is 2. The van der Waals surface area contributed by atoms with E-state index in [4.69, 9.17) is 5.11 Å². The average molecular weight is 419 g/mol. The Morgan fingerprint density at radius 1 is 1.23 bits per heavy atom. The number of rotatable bonds is 9. The van der Waals surface area contributed by atoms with Crippen LogP contribution in [0.15, 0.2) is 21.7 Å². The molecule has 1 aliphatic rings. The third-order valence-electron chi connectivity index (χ3n) is 6.06. The third-order valence-corrected chi connectivity index (χ3v) is 6.06. The molecule has 2 N–H and O–H groups in total. The van der Waals surface area contributed by atoms with Crippen molar-refractivity contribution in [1.29, 1.82) is 0 Å². The van der Waals surface area contributed by atoms with E-state index in [9.17, 15) is 18.8 Å². The highest BCUT2D eigenvalue weighted by Gasteiger charge is 2.24. The summed E-state index contributed by atoms with van der Waals surface area (Å²) < 4.78 is 17.5. The fraction of sp³-hybridized carbons (Fsp3) is 0.591. The van der Waals surface area contributed by atoms with E-state index in [1.165, 1.54) is 6.07 Å². The van der Waals surface area contributed by atoms with Crippen molar-refractivity contribution in [3.8, 4) is 0 Å². The summed E-state index contributed by atoms with van der Waals surface area (Å²) in [6.45, 7) is 4.04. The monoisotopic (exact) mass is 419 g/mol. The molecule has 0 atom stereocenters. The molecule has 7 nitrogen and oxygen atoms in total. The lowest BCUT2D eigenvalue weighted by Gasteiger charge is -2.21. The Kier molecular flexibility index (Phi) is 6.95. The zero-order chi connectivity index (χ0) is 21.8. The zero-order valence-electron chi connectivity index (χ0n) is 17.6. The Hall–Kier alpha value is -2.64.